The smallest absolute Gasteiger partial charge is 0.137 e. The molecule has 0 aliphatic heterocycles. The van der Waals surface area contributed by atoms with Gasteiger partial charge in [0.05, 0.1) is 0 Å². The summed E-state index contributed by atoms with van der Waals surface area (Å²) in [5, 5.41) is 4.24. The summed E-state index contributed by atoms with van der Waals surface area (Å²) in [4.78, 5) is 0. The summed E-state index contributed by atoms with van der Waals surface area (Å²) in [5.41, 5.74) is 10.1. The minimum atomic E-state index is 0.902. The van der Waals surface area contributed by atoms with Crippen LogP contribution in [0, 0.1) is 48.5 Å². The molecule has 0 unspecified atom stereocenters. The van der Waals surface area contributed by atoms with Crippen LogP contribution in [0.5, 0.6) is 0 Å². The quantitative estimate of drug-likeness (QED) is 0.737. The Labute approximate surface area is 109 Å². The zero-order valence-corrected chi connectivity index (χ0v) is 12.4. The van der Waals surface area contributed by atoms with Crippen LogP contribution in [0.4, 0.5) is 0 Å². The van der Waals surface area contributed by atoms with Crippen molar-refractivity contribution in [3.8, 4) is 11.3 Å². The summed E-state index contributed by atoms with van der Waals surface area (Å²) in [7, 11) is 0. The zero-order chi connectivity index (χ0) is 13.6. The van der Waals surface area contributed by atoms with E-state index in [9.17, 15) is 0 Å². The number of aryl methyl sites for hydroxylation is 1. The van der Waals surface area contributed by atoms with E-state index < -0.39 is 0 Å². The molecule has 0 saturated heterocycles. The van der Waals surface area contributed by atoms with Crippen molar-refractivity contribution in [2.24, 2.45) is 0 Å². The van der Waals surface area contributed by atoms with Gasteiger partial charge in [-0.1, -0.05) is 5.16 Å². The Hall–Kier alpha value is -1.57. The van der Waals surface area contributed by atoms with Gasteiger partial charge in [-0.15, -0.1) is 0 Å². The number of hydrogen-bond donors (Lipinski definition) is 0. The van der Waals surface area contributed by atoms with Crippen LogP contribution in [0.2, 0.25) is 0 Å². The standard InChI is InChI=1S/C16H21NO/c1-8-9(2)11(4)15(12(5)10(8)3)16-13(6)14(7)18-17-16/h1-7H3. The molecule has 0 atom stereocenters. The lowest BCUT2D eigenvalue weighted by Crippen LogP contribution is -2.00. The third-order valence-corrected chi connectivity index (χ3v) is 4.39. The molecule has 0 aliphatic rings. The molecule has 2 rings (SSSR count). The Morgan fingerprint density at radius 1 is 0.611 bits per heavy atom. The molecule has 18 heavy (non-hydrogen) atoms. The summed E-state index contributed by atoms with van der Waals surface area (Å²) in [6.45, 7) is 14.9. The van der Waals surface area contributed by atoms with Crippen molar-refractivity contribution >= 4 is 0 Å². The summed E-state index contributed by atoms with van der Waals surface area (Å²) < 4.78 is 5.32. The van der Waals surface area contributed by atoms with E-state index >= 15 is 0 Å². The van der Waals surface area contributed by atoms with Crippen molar-refractivity contribution in [3.63, 3.8) is 0 Å². The highest BCUT2D eigenvalue weighted by atomic mass is 16.5. The van der Waals surface area contributed by atoms with Crippen LogP contribution in [0.1, 0.15) is 39.1 Å². The number of benzene rings is 1. The van der Waals surface area contributed by atoms with E-state index in [1.54, 1.807) is 0 Å². The van der Waals surface area contributed by atoms with Crippen LogP contribution in [0.25, 0.3) is 11.3 Å². The molecule has 0 bridgehead atoms. The average Bonchev–Trinajstić information content (AvgIpc) is 2.66. The van der Waals surface area contributed by atoms with Crippen LogP contribution in [0.15, 0.2) is 4.52 Å². The second-order valence-corrected chi connectivity index (χ2v) is 5.21. The predicted molar refractivity (Wildman–Crippen MR) is 75.1 cm³/mol. The Balaban J connectivity index is 2.84. The van der Waals surface area contributed by atoms with E-state index in [1.165, 1.54) is 33.4 Å². The first kappa shape index (κ1) is 12.9. The van der Waals surface area contributed by atoms with Gasteiger partial charge in [0, 0.05) is 11.1 Å². The second-order valence-electron chi connectivity index (χ2n) is 5.21. The Kier molecular flexibility index (Phi) is 3.05. The van der Waals surface area contributed by atoms with E-state index in [0.29, 0.717) is 0 Å². The Bertz CT molecular complexity index is 592. The van der Waals surface area contributed by atoms with Gasteiger partial charge in [0.15, 0.2) is 0 Å². The monoisotopic (exact) mass is 243 g/mol. The Morgan fingerprint density at radius 2 is 1.06 bits per heavy atom. The van der Waals surface area contributed by atoms with Crippen molar-refractivity contribution < 1.29 is 4.52 Å². The number of nitrogens with zero attached hydrogens (tertiary/aromatic N) is 1. The molecule has 0 amide bonds. The van der Waals surface area contributed by atoms with Crippen LogP contribution >= 0.6 is 0 Å². The zero-order valence-electron chi connectivity index (χ0n) is 12.4. The molecule has 96 valence electrons. The third kappa shape index (κ3) is 1.67. The highest BCUT2D eigenvalue weighted by Crippen LogP contribution is 2.35. The maximum absolute atomic E-state index is 5.32. The van der Waals surface area contributed by atoms with Crippen molar-refractivity contribution in [1.82, 2.24) is 5.16 Å². The van der Waals surface area contributed by atoms with Gasteiger partial charge in [0.2, 0.25) is 0 Å². The van der Waals surface area contributed by atoms with Gasteiger partial charge in [-0.2, -0.15) is 0 Å². The largest absolute Gasteiger partial charge is 0.361 e. The molecule has 1 heterocycles. The number of aromatic nitrogens is 1. The SMILES string of the molecule is Cc1onc(-c2c(C)c(C)c(C)c(C)c2C)c1C. The molecule has 0 saturated carbocycles. The van der Waals surface area contributed by atoms with Crippen LogP contribution < -0.4 is 0 Å². The lowest BCUT2D eigenvalue weighted by atomic mass is 9.87. The minimum Gasteiger partial charge on any atom is -0.361 e. The third-order valence-electron chi connectivity index (χ3n) is 4.39. The summed E-state index contributed by atoms with van der Waals surface area (Å²) >= 11 is 0. The molecule has 0 radical (unpaired) electrons. The summed E-state index contributed by atoms with van der Waals surface area (Å²) in [6, 6.07) is 0. The molecular weight excluding hydrogens is 222 g/mol. The van der Waals surface area contributed by atoms with Gasteiger partial charge in [-0.3, -0.25) is 0 Å². The van der Waals surface area contributed by atoms with Crippen LogP contribution in [0.3, 0.4) is 0 Å². The summed E-state index contributed by atoms with van der Waals surface area (Å²) in [5.74, 6) is 0.902. The molecule has 2 heteroatoms. The minimum absolute atomic E-state index is 0.902. The lowest BCUT2D eigenvalue weighted by molar-refractivity contribution is 0.398. The first-order valence-corrected chi connectivity index (χ1v) is 6.36. The molecular formula is C16H21NO. The van der Waals surface area contributed by atoms with Crippen LogP contribution in [-0.4, -0.2) is 5.16 Å². The van der Waals surface area contributed by atoms with Crippen molar-refractivity contribution in [1.29, 1.82) is 0 Å². The summed E-state index contributed by atoms with van der Waals surface area (Å²) in [6.07, 6.45) is 0. The van der Waals surface area contributed by atoms with Crippen molar-refractivity contribution in [2.45, 2.75) is 48.5 Å². The Morgan fingerprint density at radius 3 is 1.44 bits per heavy atom. The van der Waals surface area contributed by atoms with Gasteiger partial charge in [-0.05, 0) is 76.3 Å². The normalized spacial score (nSPS) is 11.1. The molecule has 0 aliphatic carbocycles. The maximum Gasteiger partial charge on any atom is 0.137 e. The van der Waals surface area contributed by atoms with Gasteiger partial charge in [0.25, 0.3) is 0 Å². The van der Waals surface area contributed by atoms with Gasteiger partial charge < -0.3 is 4.52 Å². The molecule has 1 aromatic carbocycles. The molecule has 0 spiro atoms. The fraction of sp³-hybridized carbons (Fsp3) is 0.438. The van der Waals surface area contributed by atoms with E-state index in [1.807, 2.05) is 6.92 Å². The average molecular weight is 243 g/mol. The lowest BCUT2D eigenvalue weighted by Gasteiger charge is -2.17. The first-order chi connectivity index (χ1) is 8.36. The van der Waals surface area contributed by atoms with Crippen LogP contribution in [-0.2, 0) is 0 Å². The first-order valence-electron chi connectivity index (χ1n) is 6.36. The topological polar surface area (TPSA) is 26.0 Å². The number of hydrogen-bond acceptors (Lipinski definition) is 2. The fourth-order valence-corrected chi connectivity index (χ4v) is 2.51. The van der Waals surface area contributed by atoms with Crippen molar-refractivity contribution in [3.05, 3.63) is 39.1 Å². The van der Waals surface area contributed by atoms with Crippen molar-refractivity contribution in [2.75, 3.05) is 0 Å². The van der Waals surface area contributed by atoms with Gasteiger partial charge in [-0.25, -0.2) is 0 Å². The fourth-order valence-electron chi connectivity index (χ4n) is 2.51. The molecule has 2 nitrogen and oxygen atoms in total. The van der Waals surface area contributed by atoms with Gasteiger partial charge in [0.1, 0.15) is 11.5 Å². The molecule has 0 N–H and O–H groups in total. The van der Waals surface area contributed by atoms with Gasteiger partial charge >= 0.3 is 0 Å². The second kappa shape index (κ2) is 4.27. The molecule has 2 aromatic rings. The van der Waals surface area contributed by atoms with E-state index in [0.717, 1.165) is 17.0 Å². The predicted octanol–water partition coefficient (Wildman–Crippen LogP) is 4.50. The number of rotatable bonds is 1. The highest BCUT2D eigenvalue weighted by molar-refractivity contribution is 5.74. The van der Waals surface area contributed by atoms with E-state index in [4.69, 9.17) is 4.52 Å². The molecule has 1 aromatic heterocycles. The van der Waals surface area contributed by atoms with E-state index in [-0.39, 0.29) is 0 Å². The molecule has 0 fully saturated rings. The maximum atomic E-state index is 5.32. The highest BCUT2D eigenvalue weighted by Gasteiger charge is 2.19. The van der Waals surface area contributed by atoms with E-state index in [2.05, 4.69) is 46.7 Å².